The van der Waals surface area contributed by atoms with E-state index in [1.165, 1.54) is 5.57 Å². The number of hydrogen-bond donors (Lipinski definition) is 1. The normalized spacial score (nSPS) is 23.4. The van der Waals surface area contributed by atoms with Gasteiger partial charge in [-0.3, -0.25) is 0 Å². The van der Waals surface area contributed by atoms with Gasteiger partial charge in [0.2, 0.25) is 0 Å². The maximum atomic E-state index is 4.62. The molecule has 0 unspecified atom stereocenters. The molecule has 0 aromatic heterocycles. The van der Waals surface area contributed by atoms with Crippen molar-refractivity contribution in [1.29, 1.82) is 0 Å². The molecule has 122 valence electrons. The third kappa shape index (κ3) is 4.41. The minimum Gasteiger partial charge on any atom is -0.328 e. The largest absolute Gasteiger partial charge is 0.328 e. The first-order valence-electron chi connectivity index (χ1n) is 8.06. The maximum absolute atomic E-state index is 4.62. The number of rotatable bonds is 2. The van der Waals surface area contributed by atoms with Crippen LogP contribution in [0.4, 0.5) is 0 Å². The van der Waals surface area contributed by atoms with Gasteiger partial charge in [0.05, 0.1) is 0 Å². The van der Waals surface area contributed by atoms with E-state index in [9.17, 15) is 0 Å². The molecule has 1 N–H and O–H groups in total. The summed E-state index contributed by atoms with van der Waals surface area (Å²) in [5.74, 6) is 2.78. The molecule has 0 amide bonds. The smallest absolute Gasteiger partial charge is 0.156 e. The zero-order valence-corrected chi connectivity index (χ0v) is 15.1. The van der Waals surface area contributed by atoms with Crippen LogP contribution in [0.2, 0.25) is 0 Å². The van der Waals surface area contributed by atoms with Gasteiger partial charge < -0.3 is 5.32 Å². The first-order valence-corrected chi connectivity index (χ1v) is 8.06. The highest BCUT2D eigenvalue weighted by atomic mass is 15.2. The Hall–Kier alpha value is -2.16. The van der Waals surface area contributed by atoms with E-state index >= 15 is 0 Å². The Morgan fingerprint density at radius 1 is 1.26 bits per heavy atom. The summed E-state index contributed by atoms with van der Waals surface area (Å²) in [6, 6.07) is 0. The molecule has 0 radical (unpaired) electrons. The Morgan fingerprint density at radius 3 is 2.57 bits per heavy atom. The molecule has 0 bridgehead atoms. The zero-order chi connectivity index (χ0) is 17.2. The molecule has 1 aliphatic heterocycles. The van der Waals surface area contributed by atoms with E-state index in [1.54, 1.807) is 0 Å². The van der Waals surface area contributed by atoms with Crippen molar-refractivity contribution in [3.63, 3.8) is 0 Å². The van der Waals surface area contributed by atoms with Crippen molar-refractivity contribution in [3.8, 4) is 0 Å². The van der Waals surface area contributed by atoms with Crippen LogP contribution in [0, 0.1) is 11.3 Å². The van der Waals surface area contributed by atoms with Gasteiger partial charge in [-0.25, -0.2) is 9.98 Å². The second-order valence-electron chi connectivity index (χ2n) is 7.27. The molecule has 23 heavy (non-hydrogen) atoms. The van der Waals surface area contributed by atoms with Crippen LogP contribution in [0.15, 0.2) is 69.5 Å². The zero-order valence-electron chi connectivity index (χ0n) is 15.1. The van der Waals surface area contributed by atoms with Gasteiger partial charge in [-0.2, -0.15) is 0 Å². The van der Waals surface area contributed by atoms with Crippen LogP contribution in [0.3, 0.4) is 0 Å². The monoisotopic (exact) mass is 309 g/mol. The fourth-order valence-electron chi connectivity index (χ4n) is 2.79. The van der Waals surface area contributed by atoms with Gasteiger partial charge in [0, 0.05) is 5.57 Å². The van der Waals surface area contributed by atoms with Crippen LogP contribution in [0.25, 0.3) is 0 Å². The standard InChI is InChI=1S/C20H27N3/c1-13(2)12-18-21-15(4)22-19(23-18)16-9-8-14(3)17(11-10-16)20(5,6)7/h8-12,14H,1H2,2-7H3,(H,21,22,23)/b18-12+/t14-/m1/s1. The third-order valence-electron chi connectivity index (χ3n) is 3.82. The summed E-state index contributed by atoms with van der Waals surface area (Å²) < 4.78 is 0. The predicted octanol–water partition coefficient (Wildman–Crippen LogP) is 4.93. The molecule has 0 aromatic rings. The molecule has 3 heteroatoms. The van der Waals surface area contributed by atoms with Crippen molar-refractivity contribution in [1.82, 2.24) is 5.32 Å². The van der Waals surface area contributed by atoms with Crippen molar-refractivity contribution in [3.05, 3.63) is 59.5 Å². The van der Waals surface area contributed by atoms with Gasteiger partial charge in [-0.1, -0.05) is 69.7 Å². The highest BCUT2D eigenvalue weighted by Crippen LogP contribution is 2.33. The third-order valence-corrected chi connectivity index (χ3v) is 3.82. The summed E-state index contributed by atoms with van der Waals surface area (Å²) >= 11 is 0. The molecule has 2 aliphatic rings. The van der Waals surface area contributed by atoms with Crippen molar-refractivity contribution >= 4 is 11.7 Å². The number of hydrogen-bond acceptors (Lipinski definition) is 3. The van der Waals surface area contributed by atoms with Gasteiger partial charge in [0.15, 0.2) is 5.82 Å². The van der Waals surface area contributed by atoms with E-state index in [0.717, 1.165) is 22.8 Å². The quantitative estimate of drug-likeness (QED) is 0.771. The minimum atomic E-state index is 0.153. The van der Waals surface area contributed by atoms with Gasteiger partial charge >= 0.3 is 0 Å². The average molecular weight is 309 g/mol. The molecule has 0 aromatic carbocycles. The van der Waals surface area contributed by atoms with Crippen LogP contribution in [-0.4, -0.2) is 11.7 Å². The van der Waals surface area contributed by atoms with Crippen molar-refractivity contribution < 1.29 is 0 Å². The lowest BCUT2D eigenvalue weighted by atomic mass is 9.79. The van der Waals surface area contributed by atoms with Crippen molar-refractivity contribution in [2.75, 3.05) is 0 Å². The van der Waals surface area contributed by atoms with Gasteiger partial charge in [0.1, 0.15) is 11.7 Å². The van der Waals surface area contributed by atoms with Crippen molar-refractivity contribution in [2.45, 2.75) is 41.5 Å². The molecule has 0 saturated carbocycles. The fraction of sp³-hybridized carbons (Fsp3) is 0.400. The molecule has 0 fully saturated rings. The van der Waals surface area contributed by atoms with E-state index in [2.05, 4.69) is 73.9 Å². The first-order chi connectivity index (χ1) is 10.7. The van der Waals surface area contributed by atoms with E-state index in [0.29, 0.717) is 11.7 Å². The summed E-state index contributed by atoms with van der Waals surface area (Å²) in [4.78, 5) is 9.03. The second-order valence-corrected chi connectivity index (χ2v) is 7.27. The number of allylic oxidation sites excluding steroid dienone is 6. The van der Waals surface area contributed by atoms with E-state index in [4.69, 9.17) is 0 Å². The Kier molecular flexibility index (Phi) is 4.88. The van der Waals surface area contributed by atoms with Crippen molar-refractivity contribution in [2.24, 2.45) is 21.3 Å². The summed E-state index contributed by atoms with van der Waals surface area (Å²) in [5, 5.41) is 3.27. The molecule has 0 saturated heterocycles. The number of nitrogens with one attached hydrogen (secondary N) is 1. The van der Waals surface area contributed by atoms with Crippen LogP contribution < -0.4 is 5.32 Å². The summed E-state index contributed by atoms with van der Waals surface area (Å²) in [6.07, 6.45) is 10.6. The Morgan fingerprint density at radius 2 is 1.96 bits per heavy atom. The van der Waals surface area contributed by atoms with Crippen LogP contribution in [0.5, 0.6) is 0 Å². The molecule has 1 atom stereocenters. The molecule has 1 aliphatic carbocycles. The SMILES string of the molecule is C=C(C)/C=C1\N=C(C)NC(C2=CC=C(C(C)(C)C)[C@H](C)C=C2)=N1. The molecular formula is C20H27N3. The molecule has 2 rings (SSSR count). The topological polar surface area (TPSA) is 36.8 Å². The molecular weight excluding hydrogens is 282 g/mol. The number of amidine groups is 2. The van der Waals surface area contributed by atoms with Crippen LogP contribution >= 0.6 is 0 Å². The highest BCUT2D eigenvalue weighted by molar-refractivity contribution is 6.12. The lowest BCUT2D eigenvalue weighted by Gasteiger charge is -2.26. The van der Waals surface area contributed by atoms with Gasteiger partial charge in [0.25, 0.3) is 0 Å². The fourth-order valence-corrected chi connectivity index (χ4v) is 2.79. The Balaban J connectivity index is 2.40. The number of aliphatic imine (C=N–C) groups is 2. The van der Waals surface area contributed by atoms with E-state index < -0.39 is 0 Å². The van der Waals surface area contributed by atoms with Gasteiger partial charge in [-0.05, 0) is 31.3 Å². The van der Waals surface area contributed by atoms with Gasteiger partial charge in [-0.15, -0.1) is 0 Å². The maximum Gasteiger partial charge on any atom is 0.156 e. The van der Waals surface area contributed by atoms with Crippen LogP contribution in [-0.2, 0) is 0 Å². The molecule has 1 heterocycles. The highest BCUT2D eigenvalue weighted by Gasteiger charge is 2.22. The van der Waals surface area contributed by atoms with E-state index in [1.807, 2.05) is 19.9 Å². The van der Waals surface area contributed by atoms with E-state index in [-0.39, 0.29) is 5.41 Å². The average Bonchev–Trinajstić information content (AvgIpc) is 2.58. The Bertz CT molecular complexity index is 689. The summed E-state index contributed by atoms with van der Waals surface area (Å²) in [5.41, 5.74) is 3.58. The Labute approximate surface area is 140 Å². The second kappa shape index (κ2) is 6.53. The molecule has 3 nitrogen and oxygen atoms in total. The summed E-state index contributed by atoms with van der Waals surface area (Å²) in [7, 11) is 0. The predicted molar refractivity (Wildman–Crippen MR) is 101 cm³/mol. The minimum absolute atomic E-state index is 0.153. The number of nitrogens with zero attached hydrogens (tertiary/aromatic N) is 2. The summed E-state index contributed by atoms with van der Waals surface area (Å²) in [6.45, 7) is 16.8. The first kappa shape index (κ1) is 17.2. The van der Waals surface area contributed by atoms with Crippen LogP contribution in [0.1, 0.15) is 41.5 Å². The lowest BCUT2D eigenvalue weighted by Crippen LogP contribution is -2.32. The lowest BCUT2D eigenvalue weighted by molar-refractivity contribution is 0.462. The molecule has 0 spiro atoms.